The van der Waals surface area contributed by atoms with Gasteiger partial charge < -0.3 is 15.4 Å². The molecular formula is C18H16ClFN4O. The Hall–Kier alpha value is -2.86. The fourth-order valence-electron chi connectivity index (χ4n) is 2.30. The number of nitrogens with zero attached hydrogens (tertiary/aromatic N) is 2. The zero-order chi connectivity index (χ0) is 17.8. The molecule has 0 aliphatic rings. The molecule has 0 saturated carbocycles. The topological polar surface area (TPSA) is 59.1 Å². The molecule has 0 atom stereocenters. The van der Waals surface area contributed by atoms with E-state index in [1.165, 1.54) is 12.1 Å². The number of methoxy groups -OCH3 is 1. The number of rotatable bonds is 5. The molecular weight excluding hydrogens is 343 g/mol. The Labute approximate surface area is 149 Å². The van der Waals surface area contributed by atoms with Gasteiger partial charge in [-0.05, 0) is 43.3 Å². The van der Waals surface area contributed by atoms with Gasteiger partial charge in [-0.3, -0.25) is 0 Å². The highest BCUT2D eigenvalue weighted by Gasteiger charge is 2.06. The smallest absolute Gasteiger partial charge is 0.137 e. The van der Waals surface area contributed by atoms with Crippen LogP contribution in [0.5, 0.6) is 5.75 Å². The third-order valence-corrected chi connectivity index (χ3v) is 3.65. The molecule has 0 unspecified atom stereocenters. The number of hydrogen-bond acceptors (Lipinski definition) is 5. The summed E-state index contributed by atoms with van der Waals surface area (Å²) in [6.07, 6.45) is 0. The lowest BCUT2D eigenvalue weighted by Gasteiger charge is -2.11. The maximum Gasteiger partial charge on any atom is 0.137 e. The van der Waals surface area contributed by atoms with Crippen molar-refractivity contribution in [1.29, 1.82) is 0 Å². The van der Waals surface area contributed by atoms with Crippen molar-refractivity contribution in [3.05, 3.63) is 65.2 Å². The van der Waals surface area contributed by atoms with Gasteiger partial charge >= 0.3 is 0 Å². The maximum atomic E-state index is 13.3. The number of aryl methyl sites for hydroxylation is 1. The summed E-state index contributed by atoms with van der Waals surface area (Å²) in [7, 11) is 1.56. The van der Waals surface area contributed by atoms with Crippen molar-refractivity contribution in [2.75, 3.05) is 17.7 Å². The van der Waals surface area contributed by atoms with E-state index in [2.05, 4.69) is 20.6 Å². The van der Waals surface area contributed by atoms with Gasteiger partial charge in [0.15, 0.2) is 0 Å². The van der Waals surface area contributed by atoms with Crippen LogP contribution in [0.15, 0.2) is 48.5 Å². The van der Waals surface area contributed by atoms with E-state index in [1.54, 1.807) is 44.4 Å². The van der Waals surface area contributed by atoms with E-state index in [0.29, 0.717) is 33.9 Å². The molecule has 3 aromatic rings. The molecule has 0 spiro atoms. The van der Waals surface area contributed by atoms with Crippen LogP contribution >= 0.6 is 11.6 Å². The third kappa shape index (κ3) is 4.36. The Balaban J connectivity index is 1.83. The number of hydrogen-bond donors (Lipinski definition) is 2. The van der Waals surface area contributed by atoms with Crippen molar-refractivity contribution in [3.63, 3.8) is 0 Å². The molecule has 5 nitrogen and oxygen atoms in total. The van der Waals surface area contributed by atoms with Crippen molar-refractivity contribution in [3.8, 4) is 5.75 Å². The van der Waals surface area contributed by atoms with Gasteiger partial charge in [0.1, 0.15) is 29.0 Å². The van der Waals surface area contributed by atoms with Crippen molar-refractivity contribution >= 4 is 34.6 Å². The minimum Gasteiger partial charge on any atom is -0.495 e. The first kappa shape index (κ1) is 17.0. The minimum atomic E-state index is -0.318. The van der Waals surface area contributed by atoms with E-state index in [9.17, 15) is 4.39 Å². The van der Waals surface area contributed by atoms with Crippen LogP contribution in [0.1, 0.15) is 5.82 Å². The summed E-state index contributed by atoms with van der Waals surface area (Å²) < 4.78 is 18.4. The predicted octanol–water partition coefficient (Wildman–Crippen LogP) is 5.07. The number of benzene rings is 2. The van der Waals surface area contributed by atoms with Crippen LogP contribution in [0.25, 0.3) is 0 Å². The normalized spacial score (nSPS) is 10.4. The molecule has 7 heteroatoms. The van der Waals surface area contributed by atoms with Crippen LogP contribution in [0.2, 0.25) is 5.02 Å². The number of halogens is 2. The Morgan fingerprint density at radius 2 is 1.64 bits per heavy atom. The summed E-state index contributed by atoms with van der Waals surface area (Å²) >= 11 is 6.13. The van der Waals surface area contributed by atoms with Crippen LogP contribution in [-0.4, -0.2) is 17.1 Å². The van der Waals surface area contributed by atoms with E-state index < -0.39 is 0 Å². The molecule has 2 N–H and O–H groups in total. The van der Waals surface area contributed by atoms with Gasteiger partial charge in [-0.2, -0.15) is 0 Å². The largest absolute Gasteiger partial charge is 0.495 e. The van der Waals surface area contributed by atoms with Crippen molar-refractivity contribution in [2.24, 2.45) is 0 Å². The molecule has 128 valence electrons. The summed E-state index contributed by atoms with van der Waals surface area (Å²) in [5.41, 5.74) is 1.37. The average molecular weight is 359 g/mol. The summed E-state index contributed by atoms with van der Waals surface area (Å²) in [6, 6.07) is 13.3. The molecule has 1 aromatic heterocycles. The first-order chi connectivity index (χ1) is 12.0. The van der Waals surface area contributed by atoms with Gasteiger partial charge in [-0.15, -0.1) is 0 Å². The lowest BCUT2D eigenvalue weighted by atomic mass is 10.3. The van der Waals surface area contributed by atoms with E-state index in [1.807, 2.05) is 6.07 Å². The highest BCUT2D eigenvalue weighted by atomic mass is 35.5. The fraction of sp³-hybridized carbons (Fsp3) is 0.111. The summed E-state index contributed by atoms with van der Waals surface area (Å²) in [5.74, 6) is 2.00. The number of anilines is 4. The first-order valence-corrected chi connectivity index (χ1v) is 7.90. The van der Waals surface area contributed by atoms with Gasteiger partial charge in [-0.1, -0.05) is 17.7 Å². The summed E-state index contributed by atoms with van der Waals surface area (Å²) in [4.78, 5) is 8.66. The summed E-state index contributed by atoms with van der Waals surface area (Å²) in [5, 5.41) is 6.73. The van der Waals surface area contributed by atoms with Crippen LogP contribution in [0.4, 0.5) is 27.4 Å². The Morgan fingerprint density at radius 1 is 0.960 bits per heavy atom. The van der Waals surface area contributed by atoms with Crippen molar-refractivity contribution in [1.82, 2.24) is 9.97 Å². The Kier molecular flexibility index (Phi) is 5.00. The quantitative estimate of drug-likeness (QED) is 0.666. The number of nitrogens with one attached hydrogen (secondary N) is 2. The van der Waals surface area contributed by atoms with Gasteiger partial charge in [0.05, 0.1) is 12.1 Å². The molecule has 25 heavy (non-hydrogen) atoms. The molecule has 0 saturated heterocycles. The lowest BCUT2D eigenvalue weighted by molar-refractivity contribution is 0.415. The monoisotopic (exact) mass is 358 g/mol. The Bertz CT molecular complexity index is 904. The SMILES string of the molecule is COc1ccc(Nc2cc(Nc3cccc(F)c3)nc(C)n2)cc1Cl. The number of ether oxygens (including phenoxy) is 1. The standard InChI is InChI=1S/C18H16ClFN4O/c1-11-21-17(23-13-5-3-4-12(20)8-13)10-18(22-11)24-14-6-7-16(25-2)15(19)9-14/h3-10H,1-2H3,(H2,21,22,23,24). The lowest BCUT2D eigenvalue weighted by Crippen LogP contribution is -2.01. The molecule has 0 amide bonds. The second kappa shape index (κ2) is 7.36. The fourth-order valence-corrected chi connectivity index (χ4v) is 2.56. The molecule has 3 rings (SSSR count). The van der Waals surface area contributed by atoms with Gasteiger partial charge in [-0.25, -0.2) is 14.4 Å². The molecule has 0 bridgehead atoms. The van der Waals surface area contributed by atoms with Gasteiger partial charge in [0.2, 0.25) is 0 Å². The zero-order valence-electron chi connectivity index (χ0n) is 13.7. The van der Waals surface area contributed by atoms with Crippen molar-refractivity contribution in [2.45, 2.75) is 6.92 Å². The highest BCUT2D eigenvalue weighted by Crippen LogP contribution is 2.29. The second-order valence-electron chi connectivity index (χ2n) is 5.30. The maximum absolute atomic E-state index is 13.3. The van der Waals surface area contributed by atoms with Gasteiger partial charge in [0, 0.05) is 17.4 Å². The highest BCUT2D eigenvalue weighted by molar-refractivity contribution is 6.32. The molecule has 2 aromatic carbocycles. The van der Waals surface area contributed by atoms with E-state index in [-0.39, 0.29) is 5.82 Å². The molecule has 0 aliphatic heterocycles. The Morgan fingerprint density at radius 3 is 2.24 bits per heavy atom. The summed E-state index contributed by atoms with van der Waals surface area (Å²) in [6.45, 7) is 1.78. The molecule has 0 radical (unpaired) electrons. The van der Waals surface area contributed by atoms with Crippen LogP contribution in [-0.2, 0) is 0 Å². The second-order valence-corrected chi connectivity index (χ2v) is 5.70. The van der Waals surface area contributed by atoms with E-state index in [0.717, 1.165) is 5.69 Å². The average Bonchev–Trinajstić information content (AvgIpc) is 2.54. The van der Waals surface area contributed by atoms with Crippen LogP contribution in [0.3, 0.4) is 0 Å². The molecule has 0 aliphatic carbocycles. The molecule has 0 fully saturated rings. The van der Waals surface area contributed by atoms with Crippen LogP contribution < -0.4 is 15.4 Å². The van der Waals surface area contributed by atoms with E-state index in [4.69, 9.17) is 16.3 Å². The predicted molar refractivity (Wildman–Crippen MR) is 97.7 cm³/mol. The van der Waals surface area contributed by atoms with Crippen molar-refractivity contribution < 1.29 is 9.13 Å². The molecule has 1 heterocycles. The minimum absolute atomic E-state index is 0.318. The third-order valence-electron chi connectivity index (χ3n) is 3.36. The van der Waals surface area contributed by atoms with Crippen LogP contribution in [0, 0.1) is 12.7 Å². The zero-order valence-corrected chi connectivity index (χ0v) is 14.4. The first-order valence-electron chi connectivity index (χ1n) is 7.52. The van der Waals surface area contributed by atoms with Gasteiger partial charge in [0.25, 0.3) is 0 Å². The van der Waals surface area contributed by atoms with E-state index >= 15 is 0 Å². The number of aromatic nitrogens is 2.